The largest absolute Gasteiger partial charge is 0.0934 e. The molecular weight excluding hydrogens is 81.7 g/mol. The van der Waals surface area contributed by atoms with Crippen LogP contribution in [-0.2, 0) is 0 Å². The maximum atomic E-state index is 5.48. The molecule has 0 spiro atoms. The zero-order valence-corrected chi connectivity index (χ0v) is 5.28. The van der Waals surface area contributed by atoms with E-state index in [1.165, 1.54) is 19.2 Å². The fourth-order valence-corrected chi connectivity index (χ4v) is 0.526. The topological polar surface area (TPSA) is 0 Å². The zero-order chi connectivity index (χ0) is 5.70. The molecule has 0 aromatic carbocycles. The standard InChI is InChI=1S/C5H12B2/c1-3-4-5-7(2)6/h3-5H2,1-2H3. The first-order valence-electron chi connectivity index (χ1n) is 3.03. The Labute approximate surface area is 48.2 Å². The Morgan fingerprint density at radius 3 is 2.29 bits per heavy atom. The van der Waals surface area contributed by atoms with Crippen molar-refractivity contribution in [2.75, 3.05) is 0 Å². The van der Waals surface area contributed by atoms with Gasteiger partial charge in [-0.1, -0.05) is 32.9 Å². The predicted molar refractivity (Wildman–Crippen MR) is 37.1 cm³/mol. The van der Waals surface area contributed by atoms with Gasteiger partial charge in [0.05, 0.1) is 6.60 Å². The first-order chi connectivity index (χ1) is 3.27. The highest BCUT2D eigenvalue weighted by molar-refractivity contribution is 7.02. The lowest BCUT2D eigenvalue weighted by atomic mass is 9.32. The van der Waals surface area contributed by atoms with Crippen LogP contribution in [0.3, 0.4) is 0 Å². The molecule has 0 aliphatic heterocycles. The van der Waals surface area contributed by atoms with Gasteiger partial charge in [0, 0.05) is 7.74 Å². The Morgan fingerprint density at radius 2 is 2.14 bits per heavy atom. The molecule has 7 heavy (non-hydrogen) atoms. The molecule has 0 N–H and O–H groups in total. The Bertz CT molecular complexity index is 35.1. The zero-order valence-electron chi connectivity index (χ0n) is 5.28. The van der Waals surface area contributed by atoms with E-state index in [1.807, 2.05) is 0 Å². The molecule has 0 bridgehead atoms. The highest BCUT2D eigenvalue weighted by Gasteiger charge is 1.92. The summed E-state index contributed by atoms with van der Waals surface area (Å²) in [5.41, 5.74) is 0. The molecule has 0 atom stereocenters. The fraction of sp³-hybridized carbons (Fsp3) is 1.00. The normalized spacial score (nSPS) is 8.86. The second-order valence-electron chi connectivity index (χ2n) is 2.12. The maximum Gasteiger partial charge on any atom is 0.0870 e. The molecule has 0 aliphatic carbocycles. The SMILES string of the molecule is [B]B(C)CCCC. The van der Waals surface area contributed by atoms with Gasteiger partial charge in [0.25, 0.3) is 0 Å². The van der Waals surface area contributed by atoms with E-state index in [4.69, 9.17) is 7.74 Å². The second kappa shape index (κ2) is 4.29. The Morgan fingerprint density at radius 1 is 1.57 bits per heavy atom. The smallest absolute Gasteiger partial charge is 0.0870 e. The Kier molecular flexibility index (Phi) is 4.37. The molecule has 38 valence electrons. The average molecular weight is 93.8 g/mol. The van der Waals surface area contributed by atoms with Crippen LogP contribution >= 0.6 is 0 Å². The van der Waals surface area contributed by atoms with Crippen LogP contribution in [0.25, 0.3) is 0 Å². The summed E-state index contributed by atoms with van der Waals surface area (Å²) in [7, 11) is 5.48. The molecule has 0 heterocycles. The van der Waals surface area contributed by atoms with E-state index in [2.05, 4.69) is 13.7 Å². The lowest BCUT2D eigenvalue weighted by molar-refractivity contribution is 0.878. The molecule has 0 saturated heterocycles. The first kappa shape index (κ1) is 7.13. The lowest BCUT2D eigenvalue weighted by Gasteiger charge is -1.95. The van der Waals surface area contributed by atoms with E-state index >= 15 is 0 Å². The van der Waals surface area contributed by atoms with Crippen molar-refractivity contribution in [1.82, 2.24) is 0 Å². The molecule has 0 aliphatic rings. The molecule has 0 unspecified atom stereocenters. The van der Waals surface area contributed by atoms with Crippen molar-refractivity contribution >= 4 is 14.3 Å². The number of hydrogen-bond acceptors (Lipinski definition) is 0. The second-order valence-corrected chi connectivity index (χ2v) is 2.12. The van der Waals surface area contributed by atoms with Gasteiger partial charge < -0.3 is 0 Å². The molecule has 2 heteroatoms. The summed E-state index contributed by atoms with van der Waals surface area (Å²) < 4.78 is 0. The van der Waals surface area contributed by atoms with E-state index in [0.29, 0.717) is 6.60 Å². The van der Waals surface area contributed by atoms with Gasteiger partial charge in [-0.25, -0.2) is 0 Å². The Balaban J connectivity index is 2.68. The van der Waals surface area contributed by atoms with Crippen molar-refractivity contribution in [2.45, 2.75) is 32.9 Å². The molecule has 0 aromatic rings. The molecule has 0 nitrogen and oxygen atoms in total. The van der Waals surface area contributed by atoms with E-state index in [0.717, 1.165) is 0 Å². The molecule has 0 saturated carbocycles. The van der Waals surface area contributed by atoms with E-state index in [-0.39, 0.29) is 0 Å². The van der Waals surface area contributed by atoms with Gasteiger partial charge >= 0.3 is 0 Å². The number of hydrogen-bond donors (Lipinski definition) is 0. The van der Waals surface area contributed by atoms with Crippen molar-refractivity contribution in [3.63, 3.8) is 0 Å². The molecule has 0 rings (SSSR count). The lowest BCUT2D eigenvalue weighted by Crippen LogP contribution is -2.04. The van der Waals surface area contributed by atoms with Crippen molar-refractivity contribution in [1.29, 1.82) is 0 Å². The van der Waals surface area contributed by atoms with Crippen LogP contribution in [0.15, 0.2) is 0 Å². The van der Waals surface area contributed by atoms with Crippen LogP contribution in [0.2, 0.25) is 13.1 Å². The fourth-order valence-electron chi connectivity index (χ4n) is 0.526. The quantitative estimate of drug-likeness (QED) is 0.465. The van der Waals surface area contributed by atoms with Crippen LogP contribution in [-0.4, -0.2) is 14.3 Å². The molecular formula is C5H12B2. The minimum atomic E-state index is 0.403. The van der Waals surface area contributed by atoms with Crippen LogP contribution in [0.5, 0.6) is 0 Å². The van der Waals surface area contributed by atoms with Crippen LogP contribution in [0.4, 0.5) is 0 Å². The van der Waals surface area contributed by atoms with Crippen LogP contribution in [0, 0.1) is 0 Å². The third-order valence-electron chi connectivity index (χ3n) is 1.01. The van der Waals surface area contributed by atoms with Crippen molar-refractivity contribution in [3.05, 3.63) is 0 Å². The highest BCUT2D eigenvalue weighted by Crippen LogP contribution is 1.96. The van der Waals surface area contributed by atoms with Crippen molar-refractivity contribution in [3.8, 4) is 0 Å². The highest BCUT2D eigenvalue weighted by atomic mass is 13.7. The van der Waals surface area contributed by atoms with Gasteiger partial charge in [-0.05, 0) is 0 Å². The van der Waals surface area contributed by atoms with Crippen molar-refractivity contribution in [2.24, 2.45) is 0 Å². The monoisotopic (exact) mass is 94.1 g/mol. The van der Waals surface area contributed by atoms with Gasteiger partial charge in [0.2, 0.25) is 0 Å². The number of rotatable bonds is 3. The van der Waals surface area contributed by atoms with E-state index in [9.17, 15) is 0 Å². The summed E-state index contributed by atoms with van der Waals surface area (Å²) in [6, 6.07) is 0. The van der Waals surface area contributed by atoms with Crippen molar-refractivity contribution < 1.29 is 0 Å². The molecule has 2 radical (unpaired) electrons. The average Bonchev–Trinajstić information content (AvgIpc) is 1.61. The summed E-state index contributed by atoms with van der Waals surface area (Å²) >= 11 is 0. The minimum absolute atomic E-state index is 0.403. The summed E-state index contributed by atoms with van der Waals surface area (Å²) in [5, 5.41) is 0. The third-order valence-corrected chi connectivity index (χ3v) is 1.01. The van der Waals surface area contributed by atoms with Gasteiger partial charge in [0.15, 0.2) is 0 Å². The minimum Gasteiger partial charge on any atom is -0.0934 e. The maximum absolute atomic E-state index is 5.48. The van der Waals surface area contributed by atoms with E-state index in [1.54, 1.807) is 0 Å². The van der Waals surface area contributed by atoms with Gasteiger partial charge in [-0.15, -0.1) is 0 Å². The molecule has 0 aromatic heterocycles. The molecule has 0 amide bonds. The summed E-state index contributed by atoms with van der Waals surface area (Å²) in [6.45, 7) is 4.64. The summed E-state index contributed by atoms with van der Waals surface area (Å²) in [4.78, 5) is 0. The van der Waals surface area contributed by atoms with Gasteiger partial charge in [-0.3, -0.25) is 0 Å². The van der Waals surface area contributed by atoms with Gasteiger partial charge in [-0.2, -0.15) is 0 Å². The Hall–Kier alpha value is 0.130. The van der Waals surface area contributed by atoms with Crippen LogP contribution < -0.4 is 0 Å². The van der Waals surface area contributed by atoms with Gasteiger partial charge in [0.1, 0.15) is 0 Å². The summed E-state index contributed by atoms with van der Waals surface area (Å²) in [5.74, 6) is 0. The first-order valence-corrected chi connectivity index (χ1v) is 3.03. The van der Waals surface area contributed by atoms with Crippen LogP contribution in [0.1, 0.15) is 19.8 Å². The number of unbranched alkanes of at least 4 members (excludes halogenated alkanes) is 1. The third kappa shape index (κ3) is 6.13. The predicted octanol–water partition coefficient (Wildman–Crippen LogP) is 1.58. The molecule has 0 fully saturated rings. The summed E-state index contributed by atoms with van der Waals surface area (Å²) in [6.07, 6.45) is 3.72. The van der Waals surface area contributed by atoms with E-state index < -0.39 is 0 Å².